The van der Waals surface area contributed by atoms with Gasteiger partial charge >= 0.3 is 0 Å². The molecule has 1 atom stereocenters. The van der Waals surface area contributed by atoms with Crippen LogP contribution in [-0.2, 0) is 6.54 Å². The third-order valence-electron chi connectivity index (χ3n) is 4.14. The van der Waals surface area contributed by atoms with Crippen LogP contribution >= 0.6 is 0 Å². The van der Waals surface area contributed by atoms with Crippen molar-refractivity contribution < 1.29 is 0 Å². The predicted molar refractivity (Wildman–Crippen MR) is 79.1 cm³/mol. The topological polar surface area (TPSA) is 70.9 Å². The lowest BCUT2D eigenvalue weighted by Gasteiger charge is -2.24. The summed E-state index contributed by atoms with van der Waals surface area (Å²) in [6.45, 7) is 5.37. The van der Waals surface area contributed by atoms with Crippen LogP contribution < -0.4 is 5.73 Å². The van der Waals surface area contributed by atoms with E-state index in [2.05, 4.69) is 22.9 Å². The predicted octanol–water partition coefficient (Wildman–Crippen LogP) is 1.97. The molecule has 1 fully saturated rings. The van der Waals surface area contributed by atoms with Crippen LogP contribution in [0.2, 0.25) is 0 Å². The molecule has 2 aromatic rings. The lowest BCUT2D eigenvalue weighted by molar-refractivity contribution is 0.238. The Morgan fingerprint density at radius 3 is 2.85 bits per heavy atom. The largest absolute Gasteiger partial charge is 0.369 e. The summed E-state index contributed by atoms with van der Waals surface area (Å²) in [4.78, 5) is 6.85. The zero-order valence-corrected chi connectivity index (χ0v) is 11.7. The second-order valence-electron chi connectivity index (χ2n) is 5.46. The average molecular weight is 269 g/mol. The molecule has 0 amide bonds. The Kier molecular flexibility index (Phi) is 3.33. The molecule has 20 heavy (non-hydrogen) atoms. The first-order chi connectivity index (χ1) is 9.70. The van der Waals surface area contributed by atoms with Crippen LogP contribution in [0.5, 0.6) is 0 Å². The fraction of sp³-hybridized carbons (Fsp3) is 0.467. The molecule has 2 N–H and O–H groups in total. The minimum absolute atomic E-state index is 0.433. The zero-order chi connectivity index (χ0) is 14.1. The van der Waals surface area contributed by atoms with E-state index in [1.165, 1.54) is 12.8 Å². The number of nitrogens with two attached hydrogens (primary N) is 1. The van der Waals surface area contributed by atoms with Gasteiger partial charge in [-0.05, 0) is 45.0 Å². The molecule has 0 spiro atoms. The van der Waals surface area contributed by atoms with Crippen molar-refractivity contribution in [3.8, 4) is 6.07 Å². The van der Waals surface area contributed by atoms with Crippen molar-refractivity contribution >= 4 is 17.0 Å². The summed E-state index contributed by atoms with van der Waals surface area (Å²) in [6.07, 6.45) is 2.56. The maximum Gasteiger partial charge on any atom is 0.201 e. The van der Waals surface area contributed by atoms with E-state index in [9.17, 15) is 0 Å². The summed E-state index contributed by atoms with van der Waals surface area (Å²) < 4.78 is 2.03. The number of nitrogens with zero attached hydrogens (tertiary/aromatic N) is 4. The van der Waals surface area contributed by atoms with Gasteiger partial charge < -0.3 is 10.3 Å². The fourth-order valence-electron chi connectivity index (χ4n) is 3.01. The van der Waals surface area contributed by atoms with Crippen LogP contribution in [-0.4, -0.2) is 33.6 Å². The van der Waals surface area contributed by atoms with Crippen molar-refractivity contribution in [1.82, 2.24) is 14.5 Å². The lowest BCUT2D eigenvalue weighted by Crippen LogP contribution is -2.33. The van der Waals surface area contributed by atoms with Gasteiger partial charge in [-0.3, -0.25) is 4.90 Å². The van der Waals surface area contributed by atoms with Crippen LogP contribution in [0.25, 0.3) is 11.0 Å². The molecule has 1 saturated heterocycles. The number of nitriles is 1. The van der Waals surface area contributed by atoms with Gasteiger partial charge in [-0.25, -0.2) is 4.98 Å². The minimum atomic E-state index is 0.433. The zero-order valence-electron chi connectivity index (χ0n) is 11.7. The normalized spacial score (nSPS) is 17.4. The maximum absolute atomic E-state index is 9.14. The van der Waals surface area contributed by atoms with Gasteiger partial charge in [0.25, 0.3) is 0 Å². The Morgan fingerprint density at radius 1 is 1.40 bits per heavy atom. The van der Waals surface area contributed by atoms with E-state index in [0.29, 0.717) is 23.1 Å². The number of fused-ring (bicyclic) bond motifs is 1. The van der Waals surface area contributed by atoms with E-state index in [0.717, 1.165) is 25.2 Å². The SMILES string of the molecule is CC(Cn1c(N)nc2c(C#N)cccc21)N1CCCC1. The highest BCUT2D eigenvalue weighted by Gasteiger charge is 2.20. The first-order valence-corrected chi connectivity index (χ1v) is 7.09. The summed E-state index contributed by atoms with van der Waals surface area (Å²) in [5, 5.41) is 9.14. The Hall–Kier alpha value is -2.06. The number of hydrogen-bond acceptors (Lipinski definition) is 4. The molecule has 0 bridgehead atoms. The average Bonchev–Trinajstić information content (AvgIpc) is 3.07. The molecule has 1 aromatic carbocycles. The molecular weight excluding hydrogens is 250 g/mol. The summed E-state index contributed by atoms with van der Waals surface area (Å²) >= 11 is 0. The van der Waals surface area contributed by atoms with Crippen molar-refractivity contribution in [2.45, 2.75) is 32.4 Å². The number of rotatable bonds is 3. The molecule has 104 valence electrons. The second kappa shape index (κ2) is 5.14. The Labute approximate surface area is 118 Å². The van der Waals surface area contributed by atoms with Gasteiger partial charge in [-0.15, -0.1) is 0 Å². The van der Waals surface area contributed by atoms with Crippen molar-refractivity contribution in [3.63, 3.8) is 0 Å². The molecule has 1 aromatic heterocycles. The van der Waals surface area contributed by atoms with Gasteiger partial charge in [0.1, 0.15) is 11.6 Å². The molecule has 5 heteroatoms. The van der Waals surface area contributed by atoms with Gasteiger partial charge in [-0.1, -0.05) is 6.07 Å². The highest BCUT2D eigenvalue weighted by Crippen LogP contribution is 2.23. The summed E-state index contributed by atoms with van der Waals surface area (Å²) in [7, 11) is 0. The summed E-state index contributed by atoms with van der Waals surface area (Å²) in [5.74, 6) is 0.494. The smallest absolute Gasteiger partial charge is 0.201 e. The third kappa shape index (κ3) is 2.12. The summed E-state index contributed by atoms with van der Waals surface area (Å²) in [6, 6.07) is 8.26. The molecule has 2 heterocycles. The van der Waals surface area contributed by atoms with Crippen molar-refractivity contribution in [2.24, 2.45) is 0 Å². The monoisotopic (exact) mass is 269 g/mol. The van der Waals surface area contributed by atoms with E-state index in [1.807, 2.05) is 16.7 Å². The van der Waals surface area contributed by atoms with Crippen molar-refractivity contribution in [2.75, 3.05) is 18.8 Å². The summed E-state index contributed by atoms with van der Waals surface area (Å²) in [5.41, 5.74) is 8.29. The van der Waals surface area contributed by atoms with E-state index in [-0.39, 0.29) is 0 Å². The molecule has 1 aliphatic rings. The first kappa shape index (κ1) is 12.9. The van der Waals surface area contributed by atoms with E-state index in [1.54, 1.807) is 6.07 Å². The second-order valence-corrected chi connectivity index (χ2v) is 5.46. The minimum Gasteiger partial charge on any atom is -0.369 e. The lowest BCUT2D eigenvalue weighted by atomic mass is 10.2. The molecular formula is C15H19N5. The van der Waals surface area contributed by atoms with Gasteiger partial charge in [0.05, 0.1) is 11.1 Å². The molecule has 0 radical (unpaired) electrons. The number of hydrogen-bond donors (Lipinski definition) is 1. The molecule has 0 aliphatic carbocycles. The van der Waals surface area contributed by atoms with E-state index in [4.69, 9.17) is 11.0 Å². The fourth-order valence-corrected chi connectivity index (χ4v) is 3.01. The van der Waals surface area contributed by atoms with Crippen molar-refractivity contribution in [1.29, 1.82) is 5.26 Å². The van der Waals surface area contributed by atoms with E-state index < -0.39 is 0 Å². The standard InChI is InChI=1S/C15H19N5/c1-11(19-7-2-3-8-19)10-20-13-6-4-5-12(9-16)14(13)18-15(20)17/h4-6,11H,2-3,7-8,10H2,1H3,(H2,17,18). The first-order valence-electron chi connectivity index (χ1n) is 7.09. The third-order valence-corrected chi connectivity index (χ3v) is 4.14. The maximum atomic E-state index is 9.14. The van der Waals surface area contributed by atoms with E-state index >= 15 is 0 Å². The highest BCUT2D eigenvalue weighted by molar-refractivity contribution is 5.83. The molecule has 3 rings (SSSR count). The van der Waals surface area contributed by atoms with Gasteiger partial charge in [0.2, 0.25) is 5.95 Å². The van der Waals surface area contributed by atoms with Crippen molar-refractivity contribution in [3.05, 3.63) is 23.8 Å². The number of imidazole rings is 1. The number of para-hydroxylation sites is 1. The molecule has 5 nitrogen and oxygen atoms in total. The number of aromatic nitrogens is 2. The van der Waals surface area contributed by atoms with Crippen LogP contribution in [0.4, 0.5) is 5.95 Å². The molecule has 1 aliphatic heterocycles. The van der Waals surface area contributed by atoms with Crippen LogP contribution in [0.1, 0.15) is 25.3 Å². The Morgan fingerprint density at radius 2 is 2.15 bits per heavy atom. The van der Waals surface area contributed by atoms with Gasteiger partial charge in [0, 0.05) is 12.6 Å². The molecule has 1 unspecified atom stereocenters. The molecule has 0 saturated carbocycles. The van der Waals surface area contributed by atoms with Crippen LogP contribution in [0.3, 0.4) is 0 Å². The quantitative estimate of drug-likeness (QED) is 0.924. The van der Waals surface area contributed by atoms with Crippen LogP contribution in [0.15, 0.2) is 18.2 Å². The number of likely N-dealkylation sites (tertiary alicyclic amines) is 1. The Bertz CT molecular complexity index is 661. The van der Waals surface area contributed by atoms with Gasteiger partial charge in [-0.2, -0.15) is 5.26 Å². The highest BCUT2D eigenvalue weighted by atomic mass is 15.2. The van der Waals surface area contributed by atoms with Gasteiger partial charge in [0.15, 0.2) is 0 Å². The Balaban J connectivity index is 1.95. The number of benzene rings is 1. The number of anilines is 1. The number of nitrogen functional groups attached to an aromatic ring is 1. The van der Waals surface area contributed by atoms with Crippen LogP contribution in [0, 0.1) is 11.3 Å².